The Hall–Kier alpha value is 0.310. The molecule has 1 aliphatic heterocycles. The molecule has 76 valence electrons. The molecule has 1 saturated heterocycles. The van der Waals surface area contributed by atoms with Gasteiger partial charge in [0.15, 0.2) is 0 Å². The largest absolute Gasteiger partial charge is 0.303 e. The smallest absolute Gasteiger partial charge is 0.00128 e. The summed E-state index contributed by atoms with van der Waals surface area (Å²) >= 11 is 1.98. The molecule has 1 nitrogen and oxygen atoms in total. The van der Waals surface area contributed by atoms with Gasteiger partial charge in [0.1, 0.15) is 0 Å². The molecule has 1 saturated carbocycles. The van der Waals surface area contributed by atoms with Crippen molar-refractivity contribution in [2.75, 3.05) is 31.6 Å². The molecule has 2 fully saturated rings. The molecule has 0 spiro atoms. The first-order valence-corrected chi connectivity index (χ1v) is 7.01. The van der Waals surface area contributed by atoms with Crippen molar-refractivity contribution in [3.63, 3.8) is 0 Å². The highest BCUT2D eigenvalue weighted by atomic mass is 32.2. The molecular weight excluding hydrogens is 178 g/mol. The van der Waals surface area contributed by atoms with Crippen LogP contribution in [0.25, 0.3) is 0 Å². The van der Waals surface area contributed by atoms with Crippen LogP contribution in [-0.2, 0) is 0 Å². The van der Waals surface area contributed by atoms with Crippen molar-refractivity contribution < 1.29 is 0 Å². The van der Waals surface area contributed by atoms with Gasteiger partial charge < -0.3 is 4.90 Å². The van der Waals surface area contributed by atoms with Gasteiger partial charge in [0, 0.05) is 6.54 Å². The van der Waals surface area contributed by atoms with Crippen LogP contribution in [0.4, 0.5) is 0 Å². The van der Waals surface area contributed by atoms with E-state index in [0.29, 0.717) is 0 Å². The molecule has 0 bridgehead atoms. The summed E-state index contributed by atoms with van der Waals surface area (Å²) < 4.78 is 0. The minimum atomic E-state index is 1.08. The topological polar surface area (TPSA) is 3.24 Å². The predicted molar refractivity (Wildman–Crippen MR) is 60.3 cm³/mol. The van der Waals surface area contributed by atoms with Crippen LogP contribution >= 0.6 is 11.8 Å². The zero-order valence-corrected chi connectivity index (χ0v) is 9.48. The Bertz CT molecular complexity index is 156. The van der Waals surface area contributed by atoms with Crippen LogP contribution in [0.5, 0.6) is 0 Å². The number of likely N-dealkylation sites (tertiary alicyclic amines) is 1. The maximum absolute atomic E-state index is 2.68. The van der Waals surface area contributed by atoms with E-state index >= 15 is 0 Å². The fourth-order valence-electron chi connectivity index (χ4n) is 2.45. The van der Waals surface area contributed by atoms with Crippen LogP contribution in [0.3, 0.4) is 0 Å². The van der Waals surface area contributed by atoms with Gasteiger partial charge in [-0.25, -0.2) is 0 Å². The summed E-state index contributed by atoms with van der Waals surface area (Å²) in [6.45, 7) is 4.15. The molecular formula is C11H21NS. The summed E-state index contributed by atoms with van der Waals surface area (Å²) in [5.74, 6) is 3.55. The second kappa shape index (κ2) is 4.70. The van der Waals surface area contributed by atoms with Gasteiger partial charge in [0.2, 0.25) is 0 Å². The summed E-state index contributed by atoms with van der Waals surface area (Å²) in [4.78, 5) is 2.68. The van der Waals surface area contributed by atoms with Gasteiger partial charge >= 0.3 is 0 Å². The quantitative estimate of drug-likeness (QED) is 0.626. The predicted octanol–water partition coefficient (Wildman–Crippen LogP) is 2.47. The lowest BCUT2D eigenvalue weighted by atomic mass is 10.0. The van der Waals surface area contributed by atoms with Crippen molar-refractivity contribution in [3.8, 4) is 0 Å². The Morgan fingerprint density at radius 3 is 2.77 bits per heavy atom. The molecule has 2 heteroatoms. The Morgan fingerprint density at radius 2 is 2.08 bits per heavy atom. The standard InChI is InChI=1S/C11H21NS/c1-13-8-2-6-12-7-5-11(9-12)10-3-4-10/h10-11H,2-9H2,1H3. The molecule has 0 aromatic carbocycles. The lowest BCUT2D eigenvalue weighted by molar-refractivity contribution is 0.319. The average molecular weight is 199 g/mol. The molecule has 1 unspecified atom stereocenters. The first-order valence-electron chi connectivity index (χ1n) is 5.61. The highest BCUT2D eigenvalue weighted by Crippen LogP contribution is 2.41. The van der Waals surface area contributed by atoms with E-state index in [4.69, 9.17) is 0 Å². The summed E-state index contributed by atoms with van der Waals surface area (Å²) in [5, 5.41) is 0. The van der Waals surface area contributed by atoms with Crippen molar-refractivity contribution in [1.82, 2.24) is 4.90 Å². The lowest BCUT2D eigenvalue weighted by Crippen LogP contribution is -2.22. The van der Waals surface area contributed by atoms with Gasteiger partial charge in [-0.05, 0) is 62.6 Å². The van der Waals surface area contributed by atoms with E-state index in [-0.39, 0.29) is 0 Å². The van der Waals surface area contributed by atoms with E-state index in [9.17, 15) is 0 Å². The van der Waals surface area contributed by atoms with Crippen LogP contribution < -0.4 is 0 Å². The zero-order chi connectivity index (χ0) is 9.10. The summed E-state index contributed by atoms with van der Waals surface area (Å²) in [6.07, 6.45) is 8.14. The number of thioether (sulfide) groups is 1. The van der Waals surface area contributed by atoms with Crippen molar-refractivity contribution in [2.45, 2.75) is 25.7 Å². The van der Waals surface area contributed by atoms with E-state index in [1.807, 2.05) is 11.8 Å². The molecule has 13 heavy (non-hydrogen) atoms. The summed E-state index contributed by atoms with van der Waals surface area (Å²) in [6, 6.07) is 0. The fourth-order valence-corrected chi connectivity index (χ4v) is 2.87. The maximum atomic E-state index is 2.68. The number of nitrogens with zero attached hydrogens (tertiary/aromatic N) is 1. The first-order chi connectivity index (χ1) is 6.40. The van der Waals surface area contributed by atoms with Gasteiger partial charge in [-0.1, -0.05) is 0 Å². The zero-order valence-electron chi connectivity index (χ0n) is 8.67. The molecule has 1 atom stereocenters. The Morgan fingerprint density at radius 1 is 1.23 bits per heavy atom. The molecule has 0 N–H and O–H groups in total. The van der Waals surface area contributed by atoms with Gasteiger partial charge in [-0.2, -0.15) is 11.8 Å². The molecule has 0 aromatic heterocycles. The second-order valence-corrected chi connectivity index (χ2v) is 5.52. The lowest BCUT2D eigenvalue weighted by Gasteiger charge is -2.15. The van der Waals surface area contributed by atoms with Crippen molar-refractivity contribution >= 4 is 11.8 Å². The van der Waals surface area contributed by atoms with Crippen molar-refractivity contribution in [3.05, 3.63) is 0 Å². The van der Waals surface area contributed by atoms with Crippen LogP contribution in [0, 0.1) is 11.8 Å². The Kier molecular flexibility index (Phi) is 3.56. The SMILES string of the molecule is CSCCCN1CCC(C2CC2)C1. The first kappa shape index (κ1) is 9.85. The van der Waals surface area contributed by atoms with Gasteiger partial charge in [0.05, 0.1) is 0 Å². The van der Waals surface area contributed by atoms with Crippen LogP contribution in [-0.4, -0.2) is 36.5 Å². The van der Waals surface area contributed by atoms with Gasteiger partial charge in [-0.3, -0.25) is 0 Å². The summed E-state index contributed by atoms with van der Waals surface area (Å²) in [7, 11) is 0. The third-order valence-electron chi connectivity index (χ3n) is 3.42. The van der Waals surface area contributed by atoms with E-state index in [1.165, 1.54) is 51.1 Å². The second-order valence-electron chi connectivity index (χ2n) is 4.53. The van der Waals surface area contributed by atoms with Crippen LogP contribution in [0.2, 0.25) is 0 Å². The molecule has 0 aromatic rings. The third-order valence-corrected chi connectivity index (χ3v) is 4.12. The highest BCUT2D eigenvalue weighted by Gasteiger charge is 2.35. The number of hydrogen-bond acceptors (Lipinski definition) is 2. The van der Waals surface area contributed by atoms with Gasteiger partial charge in [0.25, 0.3) is 0 Å². The van der Waals surface area contributed by atoms with E-state index < -0.39 is 0 Å². The molecule has 1 aliphatic carbocycles. The molecule has 2 aliphatic rings. The minimum absolute atomic E-state index is 1.08. The minimum Gasteiger partial charge on any atom is -0.303 e. The van der Waals surface area contributed by atoms with Crippen LogP contribution in [0.15, 0.2) is 0 Å². The van der Waals surface area contributed by atoms with Crippen LogP contribution in [0.1, 0.15) is 25.7 Å². The third kappa shape index (κ3) is 2.88. The highest BCUT2D eigenvalue weighted by molar-refractivity contribution is 7.98. The molecule has 1 heterocycles. The van der Waals surface area contributed by atoms with E-state index in [2.05, 4.69) is 11.2 Å². The maximum Gasteiger partial charge on any atom is 0.00128 e. The van der Waals surface area contributed by atoms with E-state index in [0.717, 1.165) is 11.8 Å². The number of rotatable bonds is 5. The fraction of sp³-hybridized carbons (Fsp3) is 1.00. The Balaban J connectivity index is 1.60. The molecule has 2 rings (SSSR count). The van der Waals surface area contributed by atoms with Crippen molar-refractivity contribution in [2.24, 2.45) is 11.8 Å². The molecule has 0 amide bonds. The molecule has 0 radical (unpaired) electrons. The normalized spacial score (nSPS) is 29.8. The van der Waals surface area contributed by atoms with E-state index in [1.54, 1.807) is 0 Å². The summed E-state index contributed by atoms with van der Waals surface area (Å²) in [5.41, 5.74) is 0. The van der Waals surface area contributed by atoms with Gasteiger partial charge in [-0.15, -0.1) is 0 Å². The Labute approximate surface area is 86.3 Å². The van der Waals surface area contributed by atoms with Crippen molar-refractivity contribution in [1.29, 1.82) is 0 Å². The number of hydrogen-bond donors (Lipinski definition) is 0. The average Bonchev–Trinajstić information content (AvgIpc) is 2.88. The monoisotopic (exact) mass is 199 g/mol.